The molecule has 2 nitrogen and oxygen atoms in total. The van der Waals surface area contributed by atoms with Crippen LogP contribution in [0.25, 0.3) is 0 Å². The molecule has 0 amide bonds. The summed E-state index contributed by atoms with van der Waals surface area (Å²) in [5.74, 6) is 1.60. The fraction of sp³-hybridized carbons (Fsp3) is 0.250. The fourth-order valence-corrected chi connectivity index (χ4v) is 2.59. The Morgan fingerprint density at radius 1 is 1.11 bits per heavy atom. The van der Waals surface area contributed by atoms with Gasteiger partial charge in [-0.3, -0.25) is 0 Å². The van der Waals surface area contributed by atoms with Crippen LogP contribution in [0.15, 0.2) is 48.5 Å². The molecule has 2 aromatic carbocycles. The molecule has 2 aromatic rings. The SMILES string of the molecule is C[C@@H]1Cc2cc(O)ccc2O[C@H]1c1ccccc1. The van der Waals surface area contributed by atoms with Gasteiger partial charge in [0.1, 0.15) is 17.6 Å². The van der Waals surface area contributed by atoms with Gasteiger partial charge < -0.3 is 9.84 Å². The minimum Gasteiger partial charge on any atom is -0.508 e. The van der Waals surface area contributed by atoms with Gasteiger partial charge in [-0.05, 0) is 35.7 Å². The van der Waals surface area contributed by atoms with Crippen LogP contribution in [0.3, 0.4) is 0 Å². The van der Waals surface area contributed by atoms with Crippen molar-refractivity contribution in [3.63, 3.8) is 0 Å². The number of rotatable bonds is 1. The van der Waals surface area contributed by atoms with Gasteiger partial charge in [-0.25, -0.2) is 0 Å². The summed E-state index contributed by atoms with van der Waals surface area (Å²) in [6.45, 7) is 2.19. The Kier molecular flexibility index (Phi) is 2.71. The number of phenols is 1. The Labute approximate surface area is 107 Å². The molecule has 92 valence electrons. The van der Waals surface area contributed by atoms with Crippen LogP contribution < -0.4 is 4.74 Å². The molecule has 0 fully saturated rings. The van der Waals surface area contributed by atoms with E-state index in [0.29, 0.717) is 11.7 Å². The summed E-state index contributed by atoms with van der Waals surface area (Å²) in [6.07, 6.45) is 1.03. The molecule has 0 spiro atoms. The molecule has 1 N–H and O–H groups in total. The second-order valence-corrected chi connectivity index (χ2v) is 4.92. The van der Waals surface area contributed by atoms with Crippen molar-refractivity contribution < 1.29 is 9.84 Å². The van der Waals surface area contributed by atoms with Crippen LogP contribution >= 0.6 is 0 Å². The highest BCUT2D eigenvalue weighted by Gasteiger charge is 2.28. The zero-order valence-corrected chi connectivity index (χ0v) is 10.3. The summed E-state index contributed by atoms with van der Waals surface area (Å²) in [5, 5.41) is 9.50. The molecule has 2 atom stereocenters. The van der Waals surface area contributed by atoms with Crippen LogP contribution in [0.5, 0.6) is 11.5 Å². The van der Waals surface area contributed by atoms with Gasteiger partial charge in [0.05, 0.1) is 0 Å². The standard InChI is InChI=1S/C16H16O2/c1-11-9-13-10-14(17)7-8-15(13)18-16(11)12-5-3-2-4-6-12/h2-8,10-11,16-17H,9H2,1H3/t11-,16-/m1/s1. The first kappa shape index (κ1) is 11.1. The molecule has 1 heterocycles. The number of ether oxygens (including phenoxy) is 1. The third-order valence-corrected chi connectivity index (χ3v) is 3.48. The first-order chi connectivity index (χ1) is 8.74. The van der Waals surface area contributed by atoms with E-state index in [1.165, 1.54) is 5.56 Å². The Balaban J connectivity index is 1.95. The normalized spacial score (nSPS) is 22.1. The molecule has 18 heavy (non-hydrogen) atoms. The maximum absolute atomic E-state index is 9.50. The maximum atomic E-state index is 9.50. The first-order valence-corrected chi connectivity index (χ1v) is 6.27. The zero-order chi connectivity index (χ0) is 12.5. The first-order valence-electron chi connectivity index (χ1n) is 6.27. The summed E-state index contributed by atoms with van der Waals surface area (Å²) < 4.78 is 6.07. The van der Waals surface area contributed by atoms with Gasteiger partial charge in [0.25, 0.3) is 0 Å². The molecule has 3 rings (SSSR count). The Hall–Kier alpha value is -1.96. The van der Waals surface area contributed by atoms with Crippen LogP contribution in [-0.4, -0.2) is 5.11 Å². The molecular formula is C16H16O2. The van der Waals surface area contributed by atoms with E-state index in [0.717, 1.165) is 17.7 Å². The van der Waals surface area contributed by atoms with E-state index in [1.807, 2.05) is 24.3 Å². The maximum Gasteiger partial charge on any atom is 0.127 e. The van der Waals surface area contributed by atoms with Crippen LogP contribution in [0.4, 0.5) is 0 Å². The van der Waals surface area contributed by atoms with Crippen molar-refractivity contribution in [1.29, 1.82) is 0 Å². The second-order valence-electron chi connectivity index (χ2n) is 4.92. The fourth-order valence-electron chi connectivity index (χ4n) is 2.59. The van der Waals surface area contributed by atoms with E-state index in [-0.39, 0.29) is 6.10 Å². The van der Waals surface area contributed by atoms with Crippen LogP contribution in [0.2, 0.25) is 0 Å². The molecule has 0 bridgehead atoms. The summed E-state index contributed by atoms with van der Waals surface area (Å²) >= 11 is 0. The quantitative estimate of drug-likeness (QED) is 0.823. The van der Waals surface area contributed by atoms with Gasteiger partial charge in [0.2, 0.25) is 0 Å². The van der Waals surface area contributed by atoms with Gasteiger partial charge in [-0.1, -0.05) is 37.3 Å². The average molecular weight is 240 g/mol. The lowest BCUT2D eigenvalue weighted by molar-refractivity contribution is 0.123. The summed E-state index contributed by atoms with van der Waals surface area (Å²) in [7, 11) is 0. The highest BCUT2D eigenvalue weighted by molar-refractivity contribution is 5.42. The van der Waals surface area contributed by atoms with Crippen molar-refractivity contribution >= 4 is 0 Å². The lowest BCUT2D eigenvalue weighted by Gasteiger charge is -2.32. The predicted molar refractivity (Wildman–Crippen MR) is 70.8 cm³/mol. The van der Waals surface area contributed by atoms with Crippen LogP contribution in [0, 0.1) is 5.92 Å². The highest BCUT2D eigenvalue weighted by Crippen LogP contribution is 2.39. The van der Waals surface area contributed by atoms with Gasteiger partial charge in [0, 0.05) is 5.92 Å². The molecule has 0 saturated carbocycles. The Morgan fingerprint density at radius 3 is 2.67 bits per heavy atom. The number of hydrogen-bond donors (Lipinski definition) is 1. The van der Waals surface area contributed by atoms with Crippen molar-refractivity contribution in [2.24, 2.45) is 5.92 Å². The number of fused-ring (bicyclic) bond motifs is 1. The molecule has 1 aliphatic heterocycles. The van der Waals surface area contributed by atoms with Crippen LogP contribution in [-0.2, 0) is 6.42 Å². The summed E-state index contributed by atoms with van der Waals surface area (Å²) in [4.78, 5) is 0. The minimum absolute atomic E-state index is 0.100. The van der Waals surface area contributed by atoms with Crippen molar-refractivity contribution in [2.45, 2.75) is 19.4 Å². The number of hydrogen-bond acceptors (Lipinski definition) is 2. The zero-order valence-electron chi connectivity index (χ0n) is 10.3. The van der Waals surface area contributed by atoms with Crippen LogP contribution in [0.1, 0.15) is 24.2 Å². The molecular weight excluding hydrogens is 224 g/mol. The summed E-state index contributed by atoms with van der Waals surface area (Å²) in [5.41, 5.74) is 2.30. The van der Waals surface area contributed by atoms with E-state index in [9.17, 15) is 5.11 Å². The highest BCUT2D eigenvalue weighted by atomic mass is 16.5. The lowest BCUT2D eigenvalue weighted by atomic mass is 9.88. The Bertz CT molecular complexity index is 548. The second kappa shape index (κ2) is 4.37. The van der Waals surface area contributed by atoms with Gasteiger partial charge >= 0.3 is 0 Å². The minimum atomic E-state index is 0.100. The molecule has 0 aromatic heterocycles. The smallest absolute Gasteiger partial charge is 0.127 e. The number of phenolic OH excluding ortho intramolecular Hbond substituents is 1. The molecule has 0 unspecified atom stereocenters. The molecule has 0 radical (unpaired) electrons. The predicted octanol–water partition coefficient (Wildman–Crippen LogP) is 3.70. The van der Waals surface area contributed by atoms with E-state index in [1.54, 1.807) is 12.1 Å². The van der Waals surface area contributed by atoms with E-state index < -0.39 is 0 Å². The number of aromatic hydroxyl groups is 1. The van der Waals surface area contributed by atoms with Gasteiger partial charge in [0.15, 0.2) is 0 Å². The monoisotopic (exact) mass is 240 g/mol. The largest absolute Gasteiger partial charge is 0.508 e. The lowest BCUT2D eigenvalue weighted by Crippen LogP contribution is -2.23. The van der Waals surface area contributed by atoms with Crippen molar-refractivity contribution in [1.82, 2.24) is 0 Å². The van der Waals surface area contributed by atoms with E-state index >= 15 is 0 Å². The van der Waals surface area contributed by atoms with E-state index in [4.69, 9.17) is 4.74 Å². The van der Waals surface area contributed by atoms with Crippen molar-refractivity contribution in [3.05, 3.63) is 59.7 Å². The van der Waals surface area contributed by atoms with Gasteiger partial charge in [-0.2, -0.15) is 0 Å². The van der Waals surface area contributed by atoms with E-state index in [2.05, 4.69) is 19.1 Å². The van der Waals surface area contributed by atoms with Crippen molar-refractivity contribution in [2.75, 3.05) is 0 Å². The topological polar surface area (TPSA) is 29.5 Å². The summed E-state index contributed by atoms with van der Waals surface area (Å²) in [6, 6.07) is 15.6. The van der Waals surface area contributed by atoms with Crippen molar-refractivity contribution in [3.8, 4) is 11.5 Å². The van der Waals surface area contributed by atoms with Gasteiger partial charge in [-0.15, -0.1) is 0 Å². The molecule has 1 aliphatic rings. The number of benzene rings is 2. The molecule has 0 aliphatic carbocycles. The Morgan fingerprint density at radius 2 is 1.89 bits per heavy atom. The third kappa shape index (κ3) is 1.94. The third-order valence-electron chi connectivity index (χ3n) is 3.48. The molecule has 0 saturated heterocycles. The molecule has 2 heteroatoms. The average Bonchev–Trinajstić information content (AvgIpc) is 2.39.